The number of aryl methyl sites for hydroxylation is 2. The van der Waals surface area contributed by atoms with Gasteiger partial charge in [0, 0.05) is 13.1 Å². The van der Waals surface area contributed by atoms with Crippen LogP contribution in [0.3, 0.4) is 0 Å². The molecular weight excluding hydrogens is 352 g/mol. The third-order valence-corrected chi connectivity index (χ3v) is 8.49. The van der Waals surface area contributed by atoms with E-state index in [4.69, 9.17) is 4.52 Å². The first kappa shape index (κ1) is 17.1. The van der Waals surface area contributed by atoms with E-state index >= 15 is 0 Å². The normalized spacial score (nSPS) is 19.7. The zero-order valence-electron chi connectivity index (χ0n) is 13.3. The molecule has 1 fully saturated rings. The predicted octanol–water partition coefficient (Wildman–Crippen LogP) is 1.53. The molecule has 24 heavy (non-hydrogen) atoms. The van der Waals surface area contributed by atoms with Crippen LogP contribution in [0.1, 0.15) is 17.9 Å². The molecule has 1 atom stereocenters. The van der Waals surface area contributed by atoms with Gasteiger partial charge in [0.2, 0.25) is 10.0 Å². The van der Waals surface area contributed by atoms with Gasteiger partial charge in [-0.3, -0.25) is 0 Å². The van der Waals surface area contributed by atoms with E-state index in [0.29, 0.717) is 0 Å². The summed E-state index contributed by atoms with van der Waals surface area (Å²) in [6.07, 6.45) is 0.264. The summed E-state index contributed by atoms with van der Waals surface area (Å²) in [5.41, 5.74) is 0.280. The average Bonchev–Trinajstić information content (AvgIpc) is 3.16. The number of hydrogen-bond donors (Lipinski definition) is 0. The number of hydrogen-bond acceptors (Lipinski definition) is 6. The van der Waals surface area contributed by atoms with E-state index in [9.17, 15) is 16.8 Å². The van der Waals surface area contributed by atoms with Gasteiger partial charge in [0.15, 0.2) is 15.6 Å². The van der Waals surface area contributed by atoms with Crippen LogP contribution in [0.5, 0.6) is 0 Å². The number of rotatable bonds is 4. The molecule has 7 nitrogen and oxygen atoms in total. The molecule has 0 radical (unpaired) electrons. The fraction of sp³-hybridized carbons (Fsp3) is 0.400. The van der Waals surface area contributed by atoms with Crippen molar-refractivity contribution in [2.24, 2.45) is 0 Å². The van der Waals surface area contributed by atoms with E-state index in [1.807, 2.05) is 0 Å². The molecule has 2 aromatic rings. The highest BCUT2D eigenvalue weighted by atomic mass is 32.2. The van der Waals surface area contributed by atoms with Gasteiger partial charge in [-0.1, -0.05) is 23.4 Å². The van der Waals surface area contributed by atoms with Gasteiger partial charge in [-0.2, -0.15) is 4.31 Å². The summed E-state index contributed by atoms with van der Waals surface area (Å²) in [5.74, 6) is 0.210. The van der Waals surface area contributed by atoms with Gasteiger partial charge in [-0.15, -0.1) is 0 Å². The Kier molecular flexibility index (Phi) is 4.27. The molecule has 1 aliphatic rings. The molecule has 1 aromatic carbocycles. The van der Waals surface area contributed by atoms with Crippen molar-refractivity contribution in [3.05, 3.63) is 41.8 Å². The minimum Gasteiger partial charge on any atom is -0.360 e. The van der Waals surface area contributed by atoms with Crippen LogP contribution < -0.4 is 0 Å². The zero-order chi connectivity index (χ0) is 17.5. The fourth-order valence-electron chi connectivity index (χ4n) is 2.94. The smallest absolute Gasteiger partial charge is 0.248 e. The summed E-state index contributed by atoms with van der Waals surface area (Å²) >= 11 is 0. The molecule has 3 rings (SSSR count). The van der Waals surface area contributed by atoms with Crippen LogP contribution in [0.4, 0.5) is 0 Å². The molecular formula is C15H18N2O5S2. The van der Waals surface area contributed by atoms with E-state index in [-0.39, 0.29) is 40.8 Å². The number of nitrogens with zero attached hydrogens (tertiary/aromatic N) is 2. The van der Waals surface area contributed by atoms with E-state index in [2.05, 4.69) is 5.16 Å². The second-order valence-electron chi connectivity index (χ2n) is 5.79. The Balaban J connectivity index is 1.89. The van der Waals surface area contributed by atoms with Crippen molar-refractivity contribution in [1.29, 1.82) is 0 Å². The molecule has 0 saturated carbocycles. The first-order chi connectivity index (χ1) is 11.2. The van der Waals surface area contributed by atoms with Crippen LogP contribution in [-0.4, -0.2) is 44.6 Å². The van der Waals surface area contributed by atoms with Gasteiger partial charge in [-0.25, -0.2) is 16.8 Å². The van der Waals surface area contributed by atoms with Crippen molar-refractivity contribution >= 4 is 19.9 Å². The van der Waals surface area contributed by atoms with Crippen molar-refractivity contribution in [2.45, 2.75) is 35.3 Å². The van der Waals surface area contributed by atoms with Crippen LogP contribution in [0, 0.1) is 13.8 Å². The summed E-state index contributed by atoms with van der Waals surface area (Å²) in [6, 6.07) is 8.10. The van der Waals surface area contributed by atoms with Crippen LogP contribution in [0.25, 0.3) is 0 Å². The molecule has 0 N–H and O–H groups in total. The summed E-state index contributed by atoms with van der Waals surface area (Å²) in [6.45, 7) is 3.17. The highest BCUT2D eigenvalue weighted by molar-refractivity contribution is 7.92. The maximum Gasteiger partial charge on any atom is 0.248 e. The molecule has 0 spiro atoms. The molecule has 1 aromatic heterocycles. The van der Waals surface area contributed by atoms with Crippen LogP contribution >= 0.6 is 0 Å². The lowest BCUT2D eigenvalue weighted by molar-refractivity contribution is 0.390. The molecule has 2 heterocycles. The van der Waals surface area contributed by atoms with Gasteiger partial charge in [0.1, 0.15) is 10.6 Å². The molecule has 0 amide bonds. The van der Waals surface area contributed by atoms with Crippen molar-refractivity contribution < 1.29 is 21.4 Å². The fourth-order valence-corrected chi connectivity index (χ4v) is 6.54. The molecule has 0 bridgehead atoms. The number of sulfonamides is 1. The van der Waals surface area contributed by atoms with Gasteiger partial charge < -0.3 is 4.52 Å². The summed E-state index contributed by atoms with van der Waals surface area (Å²) < 4.78 is 57.0. The third kappa shape index (κ3) is 2.76. The third-order valence-electron chi connectivity index (χ3n) is 4.18. The number of benzene rings is 1. The predicted molar refractivity (Wildman–Crippen MR) is 86.8 cm³/mol. The minimum atomic E-state index is -3.82. The molecule has 1 saturated heterocycles. The monoisotopic (exact) mass is 370 g/mol. The van der Waals surface area contributed by atoms with Gasteiger partial charge in [0.25, 0.3) is 0 Å². The van der Waals surface area contributed by atoms with E-state index in [1.54, 1.807) is 25.1 Å². The second-order valence-corrected chi connectivity index (χ2v) is 9.89. The minimum absolute atomic E-state index is 0.0280. The topological polar surface area (TPSA) is 97.6 Å². The summed E-state index contributed by atoms with van der Waals surface area (Å²) in [5, 5.41) is 2.92. The largest absolute Gasteiger partial charge is 0.360 e. The first-order valence-electron chi connectivity index (χ1n) is 7.46. The van der Waals surface area contributed by atoms with Crippen molar-refractivity contribution in [1.82, 2.24) is 9.46 Å². The molecule has 9 heteroatoms. The second kappa shape index (κ2) is 5.98. The van der Waals surface area contributed by atoms with Crippen LogP contribution in [-0.2, 0) is 19.9 Å². The summed E-state index contributed by atoms with van der Waals surface area (Å²) in [7, 11) is -7.39. The lowest BCUT2D eigenvalue weighted by Crippen LogP contribution is -2.32. The Morgan fingerprint density at radius 3 is 2.38 bits per heavy atom. The maximum atomic E-state index is 12.8. The zero-order valence-corrected chi connectivity index (χ0v) is 15.0. The Morgan fingerprint density at radius 1 is 1.12 bits per heavy atom. The quantitative estimate of drug-likeness (QED) is 0.809. The lowest BCUT2D eigenvalue weighted by Gasteiger charge is -2.16. The Morgan fingerprint density at radius 2 is 1.79 bits per heavy atom. The average molecular weight is 370 g/mol. The summed E-state index contributed by atoms with van der Waals surface area (Å²) in [4.78, 5) is 0.242. The number of aromatic nitrogens is 1. The first-order valence-corrected chi connectivity index (χ1v) is 10.4. The van der Waals surface area contributed by atoms with E-state index < -0.39 is 25.1 Å². The van der Waals surface area contributed by atoms with Gasteiger partial charge in [0.05, 0.1) is 10.1 Å². The van der Waals surface area contributed by atoms with E-state index in [1.165, 1.54) is 23.4 Å². The van der Waals surface area contributed by atoms with Gasteiger partial charge >= 0.3 is 0 Å². The van der Waals surface area contributed by atoms with E-state index in [0.717, 1.165) is 0 Å². The SMILES string of the molecule is Cc1noc(C)c1S(=O)(=O)N1CC[C@@H](S(=O)(=O)c2ccccc2)C1. The highest BCUT2D eigenvalue weighted by Gasteiger charge is 2.41. The van der Waals surface area contributed by atoms with Gasteiger partial charge in [-0.05, 0) is 32.4 Å². The highest BCUT2D eigenvalue weighted by Crippen LogP contribution is 2.30. The number of sulfone groups is 1. The van der Waals surface area contributed by atoms with Crippen LogP contribution in [0.2, 0.25) is 0 Å². The Bertz CT molecular complexity index is 930. The molecule has 0 aliphatic carbocycles. The Labute approximate surface area is 141 Å². The Hall–Kier alpha value is -1.71. The van der Waals surface area contributed by atoms with Crippen molar-refractivity contribution in [3.63, 3.8) is 0 Å². The van der Waals surface area contributed by atoms with Crippen molar-refractivity contribution in [2.75, 3.05) is 13.1 Å². The standard InChI is InChI=1S/C15H18N2O5S2/c1-11-15(12(2)22-16-11)24(20,21)17-9-8-14(10-17)23(18,19)13-6-4-3-5-7-13/h3-7,14H,8-10H2,1-2H3/t14-/m1/s1. The van der Waals surface area contributed by atoms with Crippen molar-refractivity contribution in [3.8, 4) is 0 Å². The lowest BCUT2D eigenvalue weighted by atomic mass is 10.4. The van der Waals surface area contributed by atoms with Crippen LogP contribution in [0.15, 0.2) is 44.6 Å². The maximum absolute atomic E-state index is 12.8. The molecule has 130 valence electrons. The molecule has 0 unspecified atom stereocenters. The molecule has 1 aliphatic heterocycles.